The molecule has 30 heavy (non-hydrogen) atoms. The van der Waals surface area contributed by atoms with Crippen molar-refractivity contribution in [2.75, 3.05) is 44.3 Å². The zero-order valence-electron chi connectivity index (χ0n) is 17.5. The second-order valence-corrected chi connectivity index (χ2v) is 8.22. The predicted octanol–water partition coefficient (Wildman–Crippen LogP) is 2.69. The molecule has 158 valence electrons. The highest BCUT2D eigenvalue weighted by atomic mass is 16.5. The first-order chi connectivity index (χ1) is 14.7. The number of nitrogens with zero attached hydrogens (tertiary/aromatic N) is 1. The molecule has 0 spiro atoms. The van der Waals surface area contributed by atoms with Crippen molar-refractivity contribution in [3.05, 3.63) is 65.2 Å². The standard InChI is InChI=1S/C25H30N2O3/c28-24(10-6-20-4-8-23(9-5-20)27-14-16-30-17-15-27)21-7-11-25(29)22(18-21)19-26-12-2-1-3-13-26/h4-11,18,29H,1-3,12-17,19H2/p+1/b10-6+. The number of hydrogen-bond acceptors (Lipinski definition) is 4. The van der Waals surface area contributed by atoms with Crippen LogP contribution in [0.25, 0.3) is 6.08 Å². The maximum Gasteiger partial charge on any atom is 0.185 e. The number of aromatic hydroxyl groups is 1. The van der Waals surface area contributed by atoms with Gasteiger partial charge in [0.25, 0.3) is 0 Å². The number of allylic oxidation sites excluding steroid dienone is 1. The lowest BCUT2D eigenvalue weighted by Gasteiger charge is -2.28. The topological polar surface area (TPSA) is 54.2 Å². The number of carbonyl (C=O) groups is 1. The van der Waals surface area contributed by atoms with Gasteiger partial charge in [-0.2, -0.15) is 0 Å². The summed E-state index contributed by atoms with van der Waals surface area (Å²) in [5.74, 6) is 0.245. The van der Waals surface area contributed by atoms with Crippen molar-refractivity contribution in [3.8, 4) is 5.75 Å². The maximum atomic E-state index is 12.7. The molecule has 0 amide bonds. The maximum absolute atomic E-state index is 12.7. The summed E-state index contributed by atoms with van der Waals surface area (Å²) < 4.78 is 5.40. The van der Waals surface area contributed by atoms with Crippen LogP contribution in [0.3, 0.4) is 0 Å². The van der Waals surface area contributed by atoms with Gasteiger partial charge in [-0.3, -0.25) is 4.79 Å². The summed E-state index contributed by atoms with van der Waals surface area (Å²) >= 11 is 0. The molecule has 2 heterocycles. The zero-order valence-corrected chi connectivity index (χ0v) is 17.5. The SMILES string of the molecule is O=C(/C=C/c1ccc(N2CCOCC2)cc1)c1ccc(O)c(C[NH+]2CCCCC2)c1. The molecule has 2 N–H and O–H groups in total. The minimum absolute atomic E-state index is 0.0397. The molecular formula is C25H31N2O3+. The fraction of sp³-hybridized carbons (Fsp3) is 0.400. The predicted molar refractivity (Wildman–Crippen MR) is 119 cm³/mol. The number of benzene rings is 2. The Labute approximate surface area is 178 Å². The number of piperidine rings is 1. The van der Waals surface area contributed by atoms with Crippen molar-refractivity contribution < 1.29 is 19.5 Å². The first-order valence-corrected chi connectivity index (χ1v) is 11.0. The number of likely N-dealkylation sites (tertiary alicyclic amines) is 1. The van der Waals surface area contributed by atoms with Crippen LogP contribution in [-0.4, -0.2) is 50.3 Å². The summed E-state index contributed by atoms with van der Waals surface area (Å²) in [5, 5.41) is 10.2. The first-order valence-electron chi connectivity index (χ1n) is 11.0. The monoisotopic (exact) mass is 407 g/mol. The molecule has 0 radical (unpaired) electrons. The molecular weight excluding hydrogens is 376 g/mol. The number of ketones is 1. The number of carbonyl (C=O) groups excluding carboxylic acids is 1. The molecule has 0 aliphatic carbocycles. The number of hydrogen-bond donors (Lipinski definition) is 2. The van der Waals surface area contributed by atoms with E-state index in [1.54, 1.807) is 18.2 Å². The highest BCUT2D eigenvalue weighted by Gasteiger charge is 2.17. The van der Waals surface area contributed by atoms with Crippen molar-refractivity contribution in [3.63, 3.8) is 0 Å². The van der Waals surface area contributed by atoms with Gasteiger partial charge in [0.15, 0.2) is 5.78 Å². The summed E-state index contributed by atoms with van der Waals surface area (Å²) in [7, 11) is 0. The lowest BCUT2D eigenvalue weighted by atomic mass is 10.0. The van der Waals surface area contributed by atoms with E-state index in [4.69, 9.17) is 4.74 Å². The Morgan fingerprint density at radius 1 is 1.03 bits per heavy atom. The van der Waals surface area contributed by atoms with Gasteiger partial charge in [0.1, 0.15) is 12.3 Å². The number of anilines is 1. The molecule has 2 saturated heterocycles. The van der Waals surface area contributed by atoms with Gasteiger partial charge in [-0.1, -0.05) is 18.2 Å². The third kappa shape index (κ3) is 5.29. The zero-order chi connectivity index (χ0) is 20.8. The highest BCUT2D eigenvalue weighted by Crippen LogP contribution is 2.20. The largest absolute Gasteiger partial charge is 0.507 e. The number of morpholine rings is 1. The Hall–Kier alpha value is -2.63. The molecule has 2 aromatic carbocycles. The molecule has 2 aliphatic rings. The van der Waals surface area contributed by atoms with E-state index >= 15 is 0 Å². The van der Waals surface area contributed by atoms with Crippen LogP contribution in [0.1, 0.15) is 40.7 Å². The Bertz CT molecular complexity index is 880. The van der Waals surface area contributed by atoms with E-state index in [-0.39, 0.29) is 11.5 Å². The smallest absolute Gasteiger partial charge is 0.185 e. The van der Waals surface area contributed by atoms with Crippen molar-refractivity contribution in [2.24, 2.45) is 0 Å². The summed E-state index contributed by atoms with van der Waals surface area (Å²) in [5.41, 5.74) is 3.67. The molecule has 0 atom stereocenters. The lowest BCUT2D eigenvalue weighted by Crippen LogP contribution is -3.11. The van der Waals surface area contributed by atoms with Crippen LogP contribution < -0.4 is 9.80 Å². The molecule has 0 unspecified atom stereocenters. The van der Waals surface area contributed by atoms with Crippen LogP contribution in [0.15, 0.2) is 48.5 Å². The molecule has 0 bridgehead atoms. The summed E-state index contributed by atoms with van der Waals surface area (Å²) in [4.78, 5) is 16.5. The second-order valence-electron chi connectivity index (χ2n) is 8.22. The second kappa shape index (κ2) is 9.92. The number of nitrogens with one attached hydrogen (secondary N) is 1. The van der Waals surface area contributed by atoms with Crippen LogP contribution in [0.2, 0.25) is 0 Å². The Balaban J connectivity index is 1.40. The molecule has 2 aliphatic heterocycles. The minimum atomic E-state index is -0.0397. The minimum Gasteiger partial charge on any atom is -0.507 e. The van der Waals surface area contributed by atoms with Crippen molar-refractivity contribution in [1.29, 1.82) is 0 Å². The van der Waals surface area contributed by atoms with Gasteiger partial charge in [0.05, 0.1) is 26.3 Å². The fourth-order valence-corrected chi connectivity index (χ4v) is 4.26. The number of quaternary nitrogens is 1. The van der Waals surface area contributed by atoms with Gasteiger partial charge in [-0.05, 0) is 61.2 Å². The van der Waals surface area contributed by atoms with Crippen LogP contribution >= 0.6 is 0 Å². The van der Waals surface area contributed by atoms with E-state index in [9.17, 15) is 9.90 Å². The molecule has 5 nitrogen and oxygen atoms in total. The van der Waals surface area contributed by atoms with E-state index in [1.165, 1.54) is 29.8 Å². The van der Waals surface area contributed by atoms with Crippen molar-refractivity contribution in [1.82, 2.24) is 0 Å². The summed E-state index contributed by atoms with van der Waals surface area (Å²) in [6.07, 6.45) is 7.25. The van der Waals surface area contributed by atoms with Gasteiger partial charge in [-0.15, -0.1) is 0 Å². The van der Waals surface area contributed by atoms with Gasteiger partial charge in [0, 0.05) is 29.9 Å². The Morgan fingerprint density at radius 3 is 2.50 bits per heavy atom. The lowest BCUT2D eigenvalue weighted by molar-refractivity contribution is -0.918. The Kier molecular flexibility index (Phi) is 6.82. The molecule has 0 aromatic heterocycles. The van der Waals surface area contributed by atoms with Crippen LogP contribution in [0.5, 0.6) is 5.75 Å². The normalized spacial score (nSPS) is 18.1. The van der Waals surface area contributed by atoms with Crippen molar-refractivity contribution in [2.45, 2.75) is 25.8 Å². The molecule has 0 saturated carbocycles. The quantitative estimate of drug-likeness (QED) is 0.571. The third-order valence-corrected chi connectivity index (χ3v) is 6.06. The Morgan fingerprint density at radius 2 is 1.77 bits per heavy atom. The van der Waals surface area contributed by atoms with E-state index in [2.05, 4.69) is 17.0 Å². The van der Waals surface area contributed by atoms with Gasteiger partial charge >= 0.3 is 0 Å². The molecule has 2 aromatic rings. The van der Waals surface area contributed by atoms with Gasteiger partial charge in [0.2, 0.25) is 0 Å². The summed E-state index contributed by atoms with van der Waals surface area (Å²) in [6, 6.07) is 13.5. The third-order valence-electron chi connectivity index (χ3n) is 6.06. The van der Waals surface area contributed by atoms with E-state index < -0.39 is 0 Å². The molecule has 2 fully saturated rings. The highest BCUT2D eigenvalue weighted by molar-refractivity contribution is 6.07. The number of phenols is 1. The van der Waals surface area contributed by atoms with E-state index in [0.29, 0.717) is 5.56 Å². The van der Waals surface area contributed by atoms with E-state index in [0.717, 1.165) is 57.1 Å². The van der Waals surface area contributed by atoms with Gasteiger partial charge in [-0.25, -0.2) is 0 Å². The average Bonchev–Trinajstić information content (AvgIpc) is 2.80. The van der Waals surface area contributed by atoms with Crippen LogP contribution in [-0.2, 0) is 11.3 Å². The number of phenolic OH excluding ortho intramolecular Hbond substituents is 1. The van der Waals surface area contributed by atoms with Gasteiger partial charge < -0.3 is 19.6 Å². The number of rotatable bonds is 6. The average molecular weight is 408 g/mol. The molecule has 4 rings (SSSR count). The summed E-state index contributed by atoms with van der Waals surface area (Å²) in [6.45, 7) is 6.41. The first kappa shape index (κ1) is 20.6. The van der Waals surface area contributed by atoms with Crippen molar-refractivity contribution >= 4 is 17.5 Å². The molecule has 5 heteroatoms. The number of ether oxygens (including phenoxy) is 1. The van der Waals surface area contributed by atoms with E-state index in [1.807, 2.05) is 24.3 Å². The van der Waals surface area contributed by atoms with Crippen LogP contribution in [0.4, 0.5) is 5.69 Å². The van der Waals surface area contributed by atoms with Crippen LogP contribution in [0, 0.1) is 0 Å². The fourth-order valence-electron chi connectivity index (χ4n) is 4.26.